The first-order valence-corrected chi connectivity index (χ1v) is 8.23. The predicted molar refractivity (Wildman–Crippen MR) is 76.6 cm³/mol. The predicted octanol–water partition coefficient (Wildman–Crippen LogP) is 2.46. The molecule has 0 radical (unpaired) electrons. The molecule has 0 aromatic heterocycles. The van der Waals surface area contributed by atoms with E-state index in [2.05, 4.69) is 19.2 Å². The van der Waals surface area contributed by atoms with Gasteiger partial charge in [0.1, 0.15) is 10.6 Å². The van der Waals surface area contributed by atoms with Crippen LogP contribution in [0.2, 0.25) is 0 Å². The highest BCUT2D eigenvalue weighted by Crippen LogP contribution is 2.51. The minimum atomic E-state index is -3.63. The van der Waals surface area contributed by atoms with Crippen molar-refractivity contribution in [1.82, 2.24) is 0 Å². The molecule has 1 aromatic carbocycles. The van der Waals surface area contributed by atoms with E-state index < -0.39 is 14.8 Å². The van der Waals surface area contributed by atoms with Crippen molar-refractivity contribution in [1.29, 1.82) is 0 Å². The van der Waals surface area contributed by atoms with Crippen molar-refractivity contribution in [3.63, 3.8) is 0 Å². The van der Waals surface area contributed by atoms with Crippen LogP contribution in [0.5, 0.6) is 0 Å². The number of sulfone groups is 1. The lowest BCUT2D eigenvalue weighted by atomic mass is 10.1. The largest absolute Gasteiger partial charge is 0.379 e. The summed E-state index contributed by atoms with van der Waals surface area (Å²) in [7, 11) is -3.63. The average Bonchev–Trinajstić information content (AvgIpc) is 2.92. The molecule has 0 amide bonds. The Bertz CT molecular complexity index is 652. The Labute approximate surface area is 118 Å². The minimum absolute atomic E-state index is 0.248. The molecule has 1 saturated carbocycles. The summed E-state index contributed by atoms with van der Waals surface area (Å²) in [5, 5.41) is 14.2. The number of rotatable bonds is 5. The van der Waals surface area contributed by atoms with Gasteiger partial charge in [0.05, 0.1) is 4.92 Å². The van der Waals surface area contributed by atoms with Crippen LogP contribution in [-0.2, 0) is 9.84 Å². The van der Waals surface area contributed by atoms with Crippen LogP contribution in [0.1, 0.15) is 20.3 Å². The molecule has 0 saturated heterocycles. The van der Waals surface area contributed by atoms with Gasteiger partial charge >= 0.3 is 5.69 Å². The van der Waals surface area contributed by atoms with Crippen LogP contribution in [0.25, 0.3) is 0 Å². The first-order chi connectivity index (χ1) is 9.13. The smallest absolute Gasteiger partial charge is 0.310 e. The molecule has 0 spiro atoms. The number of para-hydroxylation sites is 1. The molecular weight excluding hydrogens is 280 g/mol. The zero-order valence-corrected chi connectivity index (χ0v) is 12.5. The van der Waals surface area contributed by atoms with Gasteiger partial charge in [-0.1, -0.05) is 19.9 Å². The molecule has 1 atom stereocenters. The average molecular weight is 298 g/mol. The molecule has 0 bridgehead atoms. The first kappa shape index (κ1) is 14.8. The summed E-state index contributed by atoms with van der Waals surface area (Å²) < 4.78 is 23.3. The van der Waals surface area contributed by atoms with E-state index in [1.807, 2.05) is 0 Å². The SMILES string of the molecule is CC1(C)CC1CNc1cccc(S(C)(=O)=O)c1[N+](=O)[O-]. The van der Waals surface area contributed by atoms with Crippen molar-refractivity contribution in [3.8, 4) is 0 Å². The summed E-state index contributed by atoms with van der Waals surface area (Å²) in [5.41, 5.74) is 0.157. The van der Waals surface area contributed by atoms with Crippen molar-refractivity contribution in [2.75, 3.05) is 18.1 Å². The van der Waals surface area contributed by atoms with Crippen LogP contribution in [0.15, 0.2) is 23.1 Å². The summed E-state index contributed by atoms with van der Waals surface area (Å²) in [6.07, 6.45) is 2.04. The maximum absolute atomic E-state index is 11.6. The number of nitrogens with zero attached hydrogens (tertiary/aromatic N) is 1. The lowest BCUT2D eigenvalue weighted by molar-refractivity contribution is -0.386. The minimum Gasteiger partial charge on any atom is -0.379 e. The van der Waals surface area contributed by atoms with E-state index in [-0.39, 0.29) is 21.7 Å². The molecule has 1 fully saturated rings. The van der Waals surface area contributed by atoms with Crippen molar-refractivity contribution < 1.29 is 13.3 Å². The Balaban J connectivity index is 2.31. The van der Waals surface area contributed by atoms with Gasteiger partial charge in [-0.25, -0.2) is 8.42 Å². The monoisotopic (exact) mass is 298 g/mol. The molecule has 0 heterocycles. The van der Waals surface area contributed by atoms with Crippen molar-refractivity contribution in [2.24, 2.45) is 11.3 Å². The highest BCUT2D eigenvalue weighted by Gasteiger charge is 2.45. The fourth-order valence-electron chi connectivity index (χ4n) is 2.31. The maximum Gasteiger partial charge on any atom is 0.310 e. The van der Waals surface area contributed by atoms with Gasteiger partial charge in [-0.05, 0) is 29.9 Å². The molecule has 110 valence electrons. The van der Waals surface area contributed by atoms with Crippen LogP contribution in [0.4, 0.5) is 11.4 Å². The second-order valence-electron chi connectivity index (χ2n) is 5.95. The summed E-state index contributed by atoms with van der Waals surface area (Å²) in [6, 6.07) is 4.33. The zero-order valence-electron chi connectivity index (χ0n) is 11.7. The van der Waals surface area contributed by atoms with Gasteiger partial charge in [-0.15, -0.1) is 0 Å². The highest BCUT2D eigenvalue weighted by atomic mass is 32.2. The van der Waals surface area contributed by atoms with Crippen molar-refractivity contribution in [3.05, 3.63) is 28.3 Å². The van der Waals surface area contributed by atoms with E-state index in [1.165, 1.54) is 12.1 Å². The van der Waals surface area contributed by atoms with Gasteiger partial charge in [0.15, 0.2) is 9.84 Å². The first-order valence-electron chi connectivity index (χ1n) is 6.34. The summed E-state index contributed by atoms with van der Waals surface area (Å²) in [6.45, 7) is 4.89. The van der Waals surface area contributed by atoms with Crippen molar-refractivity contribution >= 4 is 21.2 Å². The fraction of sp³-hybridized carbons (Fsp3) is 0.538. The quantitative estimate of drug-likeness (QED) is 0.666. The molecule has 1 aliphatic carbocycles. The van der Waals surface area contributed by atoms with E-state index in [0.717, 1.165) is 12.7 Å². The third-order valence-electron chi connectivity index (χ3n) is 3.84. The molecule has 2 rings (SSSR count). The standard InChI is InChI=1S/C13H18N2O4S/c1-13(2)7-9(13)8-14-10-5-4-6-11(20(3,18)19)12(10)15(16)17/h4-6,9,14H,7-8H2,1-3H3. The molecule has 1 N–H and O–H groups in total. The lowest BCUT2D eigenvalue weighted by Gasteiger charge is -2.10. The number of hydrogen-bond donors (Lipinski definition) is 1. The Morgan fingerprint density at radius 2 is 2.05 bits per heavy atom. The number of nitrogens with one attached hydrogen (secondary N) is 1. The Hall–Kier alpha value is -1.63. The Morgan fingerprint density at radius 3 is 2.50 bits per heavy atom. The number of anilines is 1. The molecule has 0 aliphatic heterocycles. The number of benzene rings is 1. The third kappa shape index (κ3) is 2.92. The maximum atomic E-state index is 11.6. The number of hydrogen-bond acceptors (Lipinski definition) is 5. The second kappa shape index (κ2) is 4.73. The van der Waals surface area contributed by atoms with Gasteiger partial charge in [0, 0.05) is 12.8 Å². The summed E-state index contributed by atoms with van der Waals surface area (Å²) >= 11 is 0. The lowest BCUT2D eigenvalue weighted by Crippen LogP contribution is -2.11. The van der Waals surface area contributed by atoms with Crippen LogP contribution in [-0.4, -0.2) is 26.1 Å². The normalized spacial score (nSPS) is 20.4. The molecule has 20 heavy (non-hydrogen) atoms. The number of nitro benzene ring substituents is 1. The highest BCUT2D eigenvalue weighted by molar-refractivity contribution is 7.90. The zero-order chi connectivity index (χ0) is 15.1. The third-order valence-corrected chi connectivity index (χ3v) is 4.97. The molecule has 6 nitrogen and oxygen atoms in total. The fourth-order valence-corrected chi connectivity index (χ4v) is 3.17. The van der Waals surface area contributed by atoms with E-state index >= 15 is 0 Å². The van der Waals surface area contributed by atoms with Crippen LogP contribution in [0, 0.1) is 21.4 Å². The summed E-state index contributed by atoms with van der Waals surface area (Å²) in [4.78, 5) is 10.3. The van der Waals surface area contributed by atoms with Gasteiger partial charge in [-0.2, -0.15) is 0 Å². The van der Waals surface area contributed by atoms with Crippen LogP contribution < -0.4 is 5.32 Å². The molecular formula is C13H18N2O4S. The van der Waals surface area contributed by atoms with E-state index in [4.69, 9.17) is 0 Å². The van der Waals surface area contributed by atoms with Crippen molar-refractivity contribution in [2.45, 2.75) is 25.2 Å². The molecule has 1 unspecified atom stereocenters. The van der Waals surface area contributed by atoms with E-state index in [0.29, 0.717) is 12.5 Å². The van der Waals surface area contributed by atoms with Gasteiger partial charge in [0.25, 0.3) is 0 Å². The van der Waals surface area contributed by atoms with E-state index in [1.54, 1.807) is 6.07 Å². The van der Waals surface area contributed by atoms with Gasteiger partial charge < -0.3 is 5.32 Å². The molecule has 1 aromatic rings. The van der Waals surface area contributed by atoms with Gasteiger partial charge in [-0.3, -0.25) is 10.1 Å². The van der Waals surface area contributed by atoms with Crippen LogP contribution in [0.3, 0.4) is 0 Å². The number of nitro groups is 1. The van der Waals surface area contributed by atoms with Gasteiger partial charge in [0.2, 0.25) is 0 Å². The molecule has 1 aliphatic rings. The summed E-state index contributed by atoms with van der Waals surface area (Å²) in [5.74, 6) is 0.462. The Kier molecular flexibility index (Phi) is 3.49. The van der Waals surface area contributed by atoms with E-state index in [9.17, 15) is 18.5 Å². The molecule has 7 heteroatoms. The topological polar surface area (TPSA) is 89.3 Å². The Morgan fingerprint density at radius 1 is 1.45 bits per heavy atom. The van der Waals surface area contributed by atoms with Crippen LogP contribution >= 0.6 is 0 Å². The second-order valence-corrected chi connectivity index (χ2v) is 7.94.